The SMILES string of the molecule is CC12C=CC=CC1c1c(ccc3ccc4ccc(N(c5ccc(-c6ccccc6)cc5)c5cccc6c5oc5ccccc56)cc4c13)O2. The van der Waals surface area contributed by atoms with Crippen LogP contribution in [-0.2, 0) is 0 Å². The highest BCUT2D eigenvalue weighted by Crippen LogP contribution is 2.52. The number of nitrogens with zero attached hydrogens (tertiary/aromatic N) is 1. The van der Waals surface area contributed by atoms with Crippen molar-refractivity contribution >= 4 is 60.5 Å². The summed E-state index contributed by atoms with van der Waals surface area (Å²) >= 11 is 0. The van der Waals surface area contributed by atoms with Gasteiger partial charge in [0.05, 0.1) is 5.69 Å². The Balaban J connectivity index is 1.22. The minimum Gasteiger partial charge on any atom is -0.482 e. The van der Waals surface area contributed by atoms with E-state index in [9.17, 15) is 0 Å². The van der Waals surface area contributed by atoms with Crippen LogP contribution in [0.2, 0.25) is 0 Å². The first-order valence-electron chi connectivity index (χ1n) is 16.5. The van der Waals surface area contributed by atoms with Gasteiger partial charge in [-0.25, -0.2) is 0 Å². The van der Waals surface area contributed by atoms with E-state index in [0.29, 0.717) is 0 Å². The van der Waals surface area contributed by atoms with Crippen LogP contribution in [0.1, 0.15) is 18.4 Å². The van der Waals surface area contributed by atoms with Crippen LogP contribution < -0.4 is 9.64 Å². The zero-order valence-electron chi connectivity index (χ0n) is 26.4. The second kappa shape index (κ2) is 10.2. The number of hydrogen-bond donors (Lipinski definition) is 0. The smallest absolute Gasteiger partial charge is 0.159 e. The maximum Gasteiger partial charge on any atom is 0.159 e. The fourth-order valence-electron chi connectivity index (χ4n) is 7.88. The predicted molar refractivity (Wildman–Crippen MR) is 199 cm³/mol. The number of furan rings is 1. The maximum absolute atomic E-state index is 6.64. The number of ether oxygens (including phenoxy) is 1. The summed E-state index contributed by atoms with van der Waals surface area (Å²) in [6, 6.07) is 49.8. The number of benzene rings is 7. The van der Waals surface area contributed by atoms with Gasteiger partial charge in [0.15, 0.2) is 5.58 Å². The molecule has 1 aliphatic carbocycles. The number of hydrogen-bond acceptors (Lipinski definition) is 3. The quantitative estimate of drug-likeness (QED) is 0.184. The van der Waals surface area contributed by atoms with Crippen LogP contribution in [0.25, 0.3) is 54.6 Å². The predicted octanol–water partition coefficient (Wildman–Crippen LogP) is 12.4. The lowest BCUT2D eigenvalue weighted by atomic mass is 9.80. The van der Waals surface area contributed by atoms with Crippen molar-refractivity contribution in [1.29, 1.82) is 0 Å². The van der Waals surface area contributed by atoms with Crippen LogP contribution in [0.15, 0.2) is 168 Å². The molecule has 7 aromatic carbocycles. The highest BCUT2D eigenvalue weighted by atomic mass is 16.5. The zero-order valence-corrected chi connectivity index (χ0v) is 26.4. The van der Waals surface area contributed by atoms with Crippen LogP contribution in [0, 0.1) is 0 Å². The van der Waals surface area contributed by atoms with Crippen molar-refractivity contribution in [3.63, 3.8) is 0 Å². The summed E-state index contributed by atoms with van der Waals surface area (Å²) in [5.41, 5.74) is 8.12. The third-order valence-corrected chi connectivity index (χ3v) is 10.2. The average molecular weight is 618 g/mol. The molecule has 0 amide bonds. The molecule has 0 fully saturated rings. The molecule has 1 aromatic heterocycles. The van der Waals surface area contributed by atoms with E-state index in [1.807, 2.05) is 12.1 Å². The van der Waals surface area contributed by atoms with Crippen molar-refractivity contribution in [3.8, 4) is 16.9 Å². The van der Waals surface area contributed by atoms with Gasteiger partial charge < -0.3 is 14.1 Å². The van der Waals surface area contributed by atoms with Crippen molar-refractivity contribution in [3.05, 3.63) is 169 Å². The lowest BCUT2D eigenvalue weighted by molar-refractivity contribution is 0.155. The molecule has 0 N–H and O–H groups in total. The largest absolute Gasteiger partial charge is 0.482 e. The molecular formula is C45H31NO2. The third-order valence-electron chi connectivity index (χ3n) is 10.2. The monoisotopic (exact) mass is 617 g/mol. The Labute approximate surface area is 278 Å². The minimum absolute atomic E-state index is 0.140. The molecule has 3 nitrogen and oxygen atoms in total. The fraction of sp³-hybridized carbons (Fsp3) is 0.0667. The molecule has 1 aliphatic heterocycles. The van der Waals surface area contributed by atoms with Gasteiger partial charge in [0.25, 0.3) is 0 Å². The van der Waals surface area contributed by atoms with Crippen LogP contribution in [0.4, 0.5) is 17.1 Å². The van der Waals surface area contributed by atoms with Gasteiger partial charge in [-0.2, -0.15) is 0 Å². The molecule has 3 heteroatoms. The van der Waals surface area contributed by atoms with E-state index in [-0.39, 0.29) is 5.92 Å². The number of allylic oxidation sites excluding steroid dienone is 2. The Morgan fingerprint density at radius 3 is 2.23 bits per heavy atom. The first kappa shape index (κ1) is 27.1. The summed E-state index contributed by atoms with van der Waals surface area (Å²) in [4.78, 5) is 2.34. The fourth-order valence-corrected chi connectivity index (χ4v) is 7.88. The Morgan fingerprint density at radius 1 is 0.604 bits per heavy atom. The molecule has 2 heterocycles. The summed E-state index contributed by atoms with van der Waals surface area (Å²) < 4.78 is 13.3. The highest BCUT2D eigenvalue weighted by Gasteiger charge is 2.43. The molecule has 2 aliphatic rings. The Morgan fingerprint density at radius 2 is 1.33 bits per heavy atom. The Hall–Kier alpha value is -6.06. The van der Waals surface area contributed by atoms with Gasteiger partial charge in [0.1, 0.15) is 16.9 Å². The van der Waals surface area contributed by atoms with Crippen LogP contribution in [-0.4, -0.2) is 5.60 Å². The lowest BCUT2D eigenvalue weighted by Gasteiger charge is -2.28. The van der Waals surface area contributed by atoms with E-state index in [1.165, 1.54) is 38.2 Å². The highest BCUT2D eigenvalue weighted by molar-refractivity contribution is 6.13. The van der Waals surface area contributed by atoms with Crippen molar-refractivity contribution in [1.82, 2.24) is 0 Å². The zero-order chi connectivity index (χ0) is 31.8. The van der Waals surface area contributed by atoms with Crippen molar-refractivity contribution in [2.75, 3.05) is 4.90 Å². The van der Waals surface area contributed by atoms with Gasteiger partial charge in [-0.1, -0.05) is 115 Å². The van der Waals surface area contributed by atoms with E-state index in [2.05, 4.69) is 164 Å². The van der Waals surface area contributed by atoms with E-state index >= 15 is 0 Å². The molecule has 8 aromatic rings. The minimum atomic E-state index is -0.394. The van der Waals surface area contributed by atoms with Gasteiger partial charge in [-0.05, 0) is 88.1 Å². The van der Waals surface area contributed by atoms with E-state index in [1.54, 1.807) is 0 Å². The van der Waals surface area contributed by atoms with Gasteiger partial charge in [-0.15, -0.1) is 0 Å². The van der Waals surface area contributed by atoms with Crippen molar-refractivity contribution in [2.24, 2.45) is 0 Å². The standard InChI is InChI=1S/C45H31NO2/c1-45-27-8-7-14-38(45)43-41(48-45)26-22-32-18-17-31-21-25-34(28-37(31)42(32)43)46(33-23-19-30(20-24-33)29-10-3-2-4-11-29)39-15-9-13-36-35-12-5-6-16-40(35)47-44(36)39/h2-28,38H,1H3. The van der Waals surface area contributed by atoms with Crippen molar-refractivity contribution < 1.29 is 9.15 Å². The summed E-state index contributed by atoms with van der Waals surface area (Å²) in [7, 11) is 0. The van der Waals surface area contributed by atoms with Crippen LogP contribution in [0.5, 0.6) is 5.75 Å². The van der Waals surface area contributed by atoms with Crippen molar-refractivity contribution in [2.45, 2.75) is 18.4 Å². The average Bonchev–Trinajstić information content (AvgIpc) is 3.67. The van der Waals surface area contributed by atoms with Gasteiger partial charge in [0.2, 0.25) is 0 Å². The number of para-hydroxylation sites is 2. The summed E-state index contributed by atoms with van der Waals surface area (Å²) in [5, 5.41) is 7.09. The molecule has 10 rings (SSSR count). The number of fused-ring (bicyclic) bond motifs is 10. The molecule has 0 saturated carbocycles. The topological polar surface area (TPSA) is 25.6 Å². The second-order valence-electron chi connectivity index (χ2n) is 13.1. The molecule has 0 spiro atoms. The Bertz CT molecular complexity index is 2610. The van der Waals surface area contributed by atoms with E-state index < -0.39 is 5.60 Å². The van der Waals surface area contributed by atoms with Crippen LogP contribution in [0.3, 0.4) is 0 Å². The summed E-state index contributed by atoms with van der Waals surface area (Å²) in [6.45, 7) is 2.19. The molecule has 2 unspecified atom stereocenters. The van der Waals surface area contributed by atoms with Gasteiger partial charge in [0, 0.05) is 33.6 Å². The Kier molecular flexibility index (Phi) is 5.77. The molecule has 0 bridgehead atoms. The van der Waals surface area contributed by atoms with E-state index in [4.69, 9.17) is 9.15 Å². The first-order valence-corrected chi connectivity index (χ1v) is 16.5. The third kappa shape index (κ3) is 4.01. The first-order chi connectivity index (χ1) is 23.6. The van der Waals surface area contributed by atoms with Gasteiger partial charge >= 0.3 is 0 Å². The van der Waals surface area contributed by atoms with Crippen LogP contribution >= 0.6 is 0 Å². The number of anilines is 3. The molecule has 0 radical (unpaired) electrons. The van der Waals surface area contributed by atoms with Gasteiger partial charge in [-0.3, -0.25) is 0 Å². The summed E-state index contributed by atoms with van der Waals surface area (Å²) in [6.07, 6.45) is 8.72. The molecule has 228 valence electrons. The van der Waals surface area contributed by atoms with E-state index in [0.717, 1.165) is 44.8 Å². The summed E-state index contributed by atoms with van der Waals surface area (Å²) in [5.74, 6) is 1.10. The maximum atomic E-state index is 6.64. The number of rotatable bonds is 4. The second-order valence-corrected chi connectivity index (χ2v) is 13.1. The molecule has 0 saturated heterocycles. The molecule has 2 atom stereocenters. The normalized spacial score (nSPS) is 18.0. The molecular weight excluding hydrogens is 587 g/mol. The molecule has 48 heavy (non-hydrogen) atoms. The lowest BCUT2D eigenvalue weighted by Crippen LogP contribution is -2.32.